The minimum Gasteiger partial charge on any atom is -0.397 e. The van der Waals surface area contributed by atoms with Gasteiger partial charge in [0.15, 0.2) is 0 Å². The number of aromatic amines is 1. The zero-order valence-corrected chi connectivity index (χ0v) is 11.7. The number of halogens is 1. The Balaban J connectivity index is 2.27. The second-order valence-electron chi connectivity index (χ2n) is 4.04. The normalized spacial score (nSPS) is 11.7. The molecule has 2 rings (SSSR count). The molecule has 0 saturated carbocycles. The van der Waals surface area contributed by atoms with Crippen LogP contribution in [0.3, 0.4) is 0 Å². The largest absolute Gasteiger partial charge is 0.397 e. The molecule has 8 heteroatoms. The summed E-state index contributed by atoms with van der Waals surface area (Å²) in [6.07, 6.45) is 3.03. The Morgan fingerprint density at radius 3 is 2.84 bits per heavy atom. The standard InChI is InChI=1S/C11H13ClN4O2S/c1-7-2-9(12)10(13)3-11(7)19(17,18)16-5-8-4-14-6-15-8/h2-4,6,16H,5,13H2,1H3,(H,14,15). The van der Waals surface area contributed by atoms with Crippen LogP contribution in [0.4, 0.5) is 5.69 Å². The molecular weight excluding hydrogens is 288 g/mol. The lowest BCUT2D eigenvalue weighted by Gasteiger charge is -2.10. The number of rotatable bonds is 4. The number of nitrogens with zero attached hydrogens (tertiary/aromatic N) is 1. The van der Waals surface area contributed by atoms with Gasteiger partial charge in [0.05, 0.1) is 28.5 Å². The minimum atomic E-state index is -3.64. The molecule has 0 bridgehead atoms. The first-order valence-electron chi connectivity index (χ1n) is 5.42. The highest BCUT2D eigenvalue weighted by Gasteiger charge is 2.18. The molecule has 1 aromatic carbocycles. The van der Waals surface area contributed by atoms with E-state index < -0.39 is 10.0 Å². The van der Waals surface area contributed by atoms with Crippen LogP contribution in [0.15, 0.2) is 29.6 Å². The number of H-pyrrole nitrogens is 1. The average Bonchev–Trinajstić information content (AvgIpc) is 2.84. The Labute approximate surface area is 116 Å². The van der Waals surface area contributed by atoms with Crippen molar-refractivity contribution >= 4 is 27.3 Å². The van der Waals surface area contributed by atoms with Gasteiger partial charge in [0, 0.05) is 11.9 Å². The molecule has 0 atom stereocenters. The van der Waals surface area contributed by atoms with Crippen LogP contribution in [0.25, 0.3) is 0 Å². The maximum Gasteiger partial charge on any atom is 0.241 e. The number of benzene rings is 1. The van der Waals surface area contributed by atoms with Crippen molar-refractivity contribution in [3.05, 3.63) is 40.9 Å². The van der Waals surface area contributed by atoms with E-state index in [0.717, 1.165) is 0 Å². The molecule has 6 nitrogen and oxygen atoms in total. The molecule has 0 amide bonds. The van der Waals surface area contributed by atoms with Crippen molar-refractivity contribution in [2.24, 2.45) is 0 Å². The van der Waals surface area contributed by atoms with Gasteiger partial charge in [-0.2, -0.15) is 0 Å². The van der Waals surface area contributed by atoms with Crippen molar-refractivity contribution in [2.75, 3.05) is 5.73 Å². The summed E-state index contributed by atoms with van der Waals surface area (Å²) in [7, 11) is -3.64. The summed E-state index contributed by atoms with van der Waals surface area (Å²) in [4.78, 5) is 6.74. The highest BCUT2D eigenvalue weighted by atomic mass is 35.5. The van der Waals surface area contributed by atoms with Crippen molar-refractivity contribution in [3.8, 4) is 0 Å². The Kier molecular flexibility index (Phi) is 3.79. The van der Waals surface area contributed by atoms with Crippen molar-refractivity contribution in [3.63, 3.8) is 0 Å². The number of aromatic nitrogens is 2. The van der Waals surface area contributed by atoms with Crippen molar-refractivity contribution in [1.82, 2.24) is 14.7 Å². The lowest BCUT2D eigenvalue weighted by molar-refractivity contribution is 0.580. The monoisotopic (exact) mass is 300 g/mol. The van der Waals surface area contributed by atoms with Crippen LogP contribution in [-0.4, -0.2) is 18.4 Å². The SMILES string of the molecule is Cc1cc(Cl)c(N)cc1S(=O)(=O)NCc1cnc[nH]1. The fourth-order valence-corrected chi connectivity index (χ4v) is 3.07. The third kappa shape index (κ3) is 3.06. The first kappa shape index (κ1) is 13.9. The van der Waals surface area contributed by atoms with Crippen LogP contribution in [-0.2, 0) is 16.6 Å². The van der Waals surface area contributed by atoms with Crippen LogP contribution < -0.4 is 10.5 Å². The third-order valence-corrected chi connectivity index (χ3v) is 4.46. The lowest BCUT2D eigenvalue weighted by Crippen LogP contribution is -2.24. The highest BCUT2D eigenvalue weighted by Crippen LogP contribution is 2.26. The third-order valence-electron chi connectivity index (χ3n) is 2.59. The Bertz CT molecular complexity index is 683. The number of nitrogens with one attached hydrogen (secondary N) is 2. The number of hydrogen-bond acceptors (Lipinski definition) is 4. The number of sulfonamides is 1. The van der Waals surface area contributed by atoms with E-state index in [1.165, 1.54) is 18.5 Å². The highest BCUT2D eigenvalue weighted by molar-refractivity contribution is 7.89. The van der Waals surface area contributed by atoms with Crippen LogP contribution in [0.1, 0.15) is 11.3 Å². The smallest absolute Gasteiger partial charge is 0.241 e. The Hall–Kier alpha value is -1.57. The van der Waals surface area contributed by atoms with Crippen LogP contribution >= 0.6 is 11.6 Å². The molecule has 102 valence electrons. The van der Waals surface area contributed by atoms with E-state index in [1.807, 2.05) is 0 Å². The first-order chi connectivity index (χ1) is 8.90. The van der Waals surface area contributed by atoms with Gasteiger partial charge in [-0.25, -0.2) is 18.1 Å². The van der Waals surface area contributed by atoms with Gasteiger partial charge in [-0.3, -0.25) is 0 Å². The molecule has 1 heterocycles. The zero-order valence-electron chi connectivity index (χ0n) is 10.1. The summed E-state index contributed by atoms with van der Waals surface area (Å²) in [6, 6.07) is 2.88. The molecule has 0 saturated heterocycles. The van der Waals surface area contributed by atoms with E-state index >= 15 is 0 Å². The second-order valence-corrected chi connectivity index (χ2v) is 6.18. The second kappa shape index (κ2) is 5.20. The number of nitrogen functional groups attached to an aromatic ring is 1. The van der Waals surface area contributed by atoms with Gasteiger partial charge in [0.2, 0.25) is 10.0 Å². The quantitative estimate of drug-likeness (QED) is 0.744. The Morgan fingerprint density at radius 2 is 2.21 bits per heavy atom. The predicted molar refractivity (Wildman–Crippen MR) is 73.2 cm³/mol. The average molecular weight is 301 g/mol. The maximum absolute atomic E-state index is 12.2. The van der Waals surface area contributed by atoms with Crippen molar-refractivity contribution in [1.29, 1.82) is 0 Å². The van der Waals surface area contributed by atoms with Crippen LogP contribution in [0.2, 0.25) is 5.02 Å². The predicted octanol–water partition coefficient (Wildman–Crippen LogP) is 1.43. The minimum absolute atomic E-state index is 0.119. The van der Waals surface area contributed by atoms with Gasteiger partial charge < -0.3 is 10.7 Å². The molecule has 0 aliphatic rings. The Morgan fingerprint density at radius 1 is 1.47 bits per heavy atom. The van der Waals surface area contributed by atoms with Crippen molar-refractivity contribution in [2.45, 2.75) is 18.4 Å². The number of imidazole rings is 1. The van der Waals surface area contributed by atoms with Crippen LogP contribution in [0, 0.1) is 6.92 Å². The molecule has 0 spiro atoms. The van der Waals surface area contributed by atoms with Gasteiger partial charge in [-0.15, -0.1) is 0 Å². The number of hydrogen-bond donors (Lipinski definition) is 3. The topological polar surface area (TPSA) is 101 Å². The molecule has 0 fully saturated rings. The molecule has 4 N–H and O–H groups in total. The van der Waals surface area contributed by atoms with Gasteiger partial charge >= 0.3 is 0 Å². The molecular formula is C11H13ClN4O2S. The molecule has 0 unspecified atom stereocenters. The summed E-state index contributed by atoms with van der Waals surface area (Å²) in [5, 5.41) is 0.338. The molecule has 1 aromatic heterocycles. The summed E-state index contributed by atoms with van der Waals surface area (Å²) in [5.74, 6) is 0. The van der Waals surface area contributed by atoms with E-state index in [2.05, 4.69) is 14.7 Å². The summed E-state index contributed by atoms with van der Waals surface area (Å²) in [6.45, 7) is 1.79. The fraction of sp³-hybridized carbons (Fsp3) is 0.182. The first-order valence-corrected chi connectivity index (χ1v) is 7.29. The van der Waals surface area contributed by atoms with E-state index in [1.54, 1.807) is 13.1 Å². The number of aryl methyl sites for hydroxylation is 1. The molecule has 0 aliphatic carbocycles. The number of anilines is 1. The molecule has 0 aliphatic heterocycles. The summed E-state index contributed by atoms with van der Waals surface area (Å²) in [5.41, 5.74) is 7.08. The van der Waals surface area contributed by atoms with Gasteiger partial charge in [0.1, 0.15) is 0 Å². The fourth-order valence-electron chi connectivity index (χ4n) is 1.59. The van der Waals surface area contributed by atoms with Gasteiger partial charge in [-0.05, 0) is 24.6 Å². The van der Waals surface area contributed by atoms with E-state index in [-0.39, 0.29) is 17.1 Å². The van der Waals surface area contributed by atoms with Crippen LogP contribution in [0.5, 0.6) is 0 Å². The zero-order chi connectivity index (χ0) is 14.0. The maximum atomic E-state index is 12.2. The molecule has 0 radical (unpaired) electrons. The van der Waals surface area contributed by atoms with Gasteiger partial charge in [0.25, 0.3) is 0 Å². The molecule has 19 heavy (non-hydrogen) atoms. The molecule has 2 aromatic rings. The van der Waals surface area contributed by atoms with E-state index in [4.69, 9.17) is 17.3 Å². The van der Waals surface area contributed by atoms with E-state index in [9.17, 15) is 8.42 Å². The lowest BCUT2D eigenvalue weighted by atomic mass is 10.2. The summed E-state index contributed by atoms with van der Waals surface area (Å²) < 4.78 is 26.8. The van der Waals surface area contributed by atoms with Gasteiger partial charge in [-0.1, -0.05) is 11.6 Å². The number of nitrogens with two attached hydrogens (primary N) is 1. The van der Waals surface area contributed by atoms with E-state index in [0.29, 0.717) is 16.3 Å². The van der Waals surface area contributed by atoms with Crippen molar-refractivity contribution < 1.29 is 8.42 Å². The summed E-state index contributed by atoms with van der Waals surface area (Å²) >= 11 is 5.84.